The third kappa shape index (κ3) is 5.62. The fourth-order valence-corrected chi connectivity index (χ4v) is 3.64. The number of cyclic esters (lactones) is 1. The Bertz CT molecular complexity index is 1330. The molecule has 4 rings (SSSR count). The average Bonchev–Trinajstić information content (AvgIpc) is 3.51. The van der Waals surface area contributed by atoms with Crippen molar-refractivity contribution >= 4 is 46.8 Å². The minimum Gasteiger partial charge on any atom is -0.493 e. The largest absolute Gasteiger partial charge is 0.493 e. The van der Waals surface area contributed by atoms with E-state index in [9.17, 15) is 14.4 Å². The first-order valence-corrected chi connectivity index (χ1v) is 11.3. The van der Waals surface area contributed by atoms with Crippen LogP contribution in [0.4, 0.5) is 5.69 Å². The molecule has 2 aromatic carbocycles. The van der Waals surface area contributed by atoms with Gasteiger partial charge in [-0.3, -0.25) is 4.79 Å². The molecule has 1 aliphatic rings. The molecule has 0 unspecified atom stereocenters. The number of carbonyl (C=O) groups is 3. The van der Waals surface area contributed by atoms with Crippen molar-refractivity contribution < 1.29 is 28.6 Å². The Morgan fingerprint density at radius 1 is 1.14 bits per heavy atom. The molecule has 9 nitrogen and oxygen atoms in total. The number of hydrogen-bond donors (Lipinski definition) is 2. The van der Waals surface area contributed by atoms with Crippen molar-refractivity contribution in [1.82, 2.24) is 0 Å². The summed E-state index contributed by atoms with van der Waals surface area (Å²) in [5.74, 6) is -0.690. The second-order valence-corrected chi connectivity index (χ2v) is 8.42. The van der Waals surface area contributed by atoms with Crippen molar-refractivity contribution in [3.05, 3.63) is 81.7 Å². The third-order valence-electron chi connectivity index (χ3n) is 4.85. The molecule has 1 aromatic heterocycles. The van der Waals surface area contributed by atoms with Gasteiger partial charge in [0.25, 0.3) is 0 Å². The first-order chi connectivity index (χ1) is 16.8. The average molecular weight is 492 g/mol. The molecule has 178 valence electrons. The summed E-state index contributed by atoms with van der Waals surface area (Å²) in [7, 11) is 1.45. The predicted molar refractivity (Wildman–Crippen MR) is 132 cm³/mol. The SMILES string of the molecule is COc1cc(C=C2N=C(c3ccc(NC(=O)[C@H](C)N)cc3)OC2=O)ccc1OC(=O)c1cccs1. The van der Waals surface area contributed by atoms with E-state index in [2.05, 4.69) is 10.3 Å². The summed E-state index contributed by atoms with van der Waals surface area (Å²) in [6, 6.07) is 14.3. The van der Waals surface area contributed by atoms with Crippen LogP contribution >= 0.6 is 11.3 Å². The molecular weight excluding hydrogens is 470 g/mol. The number of carbonyl (C=O) groups excluding carboxylic acids is 3. The molecule has 3 N–H and O–H groups in total. The van der Waals surface area contributed by atoms with E-state index in [0.717, 1.165) is 0 Å². The lowest BCUT2D eigenvalue weighted by molar-refractivity contribution is -0.130. The van der Waals surface area contributed by atoms with Crippen LogP contribution in [0.15, 0.2) is 70.7 Å². The quantitative estimate of drug-likeness (QED) is 0.293. The van der Waals surface area contributed by atoms with Crippen LogP contribution in [0.1, 0.15) is 27.7 Å². The molecule has 1 amide bonds. The molecule has 10 heteroatoms. The van der Waals surface area contributed by atoms with Gasteiger partial charge < -0.3 is 25.3 Å². The van der Waals surface area contributed by atoms with Crippen molar-refractivity contribution in [2.45, 2.75) is 13.0 Å². The van der Waals surface area contributed by atoms with Crippen LogP contribution in [-0.4, -0.2) is 36.9 Å². The Morgan fingerprint density at radius 2 is 1.91 bits per heavy atom. The Labute approximate surface area is 204 Å². The van der Waals surface area contributed by atoms with Gasteiger partial charge in [0, 0.05) is 11.3 Å². The Morgan fingerprint density at radius 3 is 2.57 bits per heavy atom. The number of ether oxygens (including phenoxy) is 3. The zero-order valence-electron chi connectivity index (χ0n) is 18.8. The number of nitrogens with two attached hydrogens (primary N) is 1. The molecular formula is C25H21N3O6S. The number of amides is 1. The second-order valence-electron chi connectivity index (χ2n) is 7.47. The fraction of sp³-hybridized carbons (Fsp3) is 0.120. The summed E-state index contributed by atoms with van der Waals surface area (Å²) in [5, 5.41) is 4.46. The van der Waals surface area contributed by atoms with Gasteiger partial charge in [0.05, 0.1) is 13.2 Å². The molecule has 0 fully saturated rings. The normalized spacial score (nSPS) is 14.8. The van der Waals surface area contributed by atoms with Crippen LogP contribution in [0, 0.1) is 0 Å². The maximum absolute atomic E-state index is 12.4. The van der Waals surface area contributed by atoms with Gasteiger partial charge in [-0.15, -0.1) is 11.3 Å². The zero-order valence-corrected chi connectivity index (χ0v) is 19.6. The predicted octanol–water partition coefficient (Wildman–Crippen LogP) is 3.61. The summed E-state index contributed by atoms with van der Waals surface area (Å²) in [6.45, 7) is 1.59. The van der Waals surface area contributed by atoms with E-state index in [1.165, 1.54) is 18.4 Å². The van der Waals surface area contributed by atoms with Crippen LogP contribution in [0.2, 0.25) is 0 Å². The highest BCUT2D eigenvalue weighted by atomic mass is 32.1. The number of benzene rings is 2. The summed E-state index contributed by atoms with van der Waals surface area (Å²) < 4.78 is 16.1. The highest BCUT2D eigenvalue weighted by Crippen LogP contribution is 2.31. The number of aliphatic imine (C=N–C) groups is 1. The number of anilines is 1. The lowest BCUT2D eigenvalue weighted by Crippen LogP contribution is -2.32. The van der Waals surface area contributed by atoms with Gasteiger partial charge in [0.15, 0.2) is 17.2 Å². The zero-order chi connectivity index (χ0) is 24.9. The molecule has 1 atom stereocenters. The van der Waals surface area contributed by atoms with Crippen molar-refractivity contribution in [2.24, 2.45) is 10.7 Å². The van der Waals surface area contributed by atoms with E-state index in [1.807, 2.05) is 0 Å². The summed E-state index contributed by atoms with van der Waals surface area (Å²) in [4.78, 5) is 41.1. The summed E-state index contributed by atoms with van der Waals surface area (Å²) in [6.07, 6.45) is 1.54. The molecule has 0 saturated carbocycles. The lowest BCUT2D eigenvalue weighted by Gasteiger charge is -2.09. The van der Waals surface area contributed by atoms with Gasteiger partial charge in [-0.25, -0.2) is 14.6 Å². The second kappa shape index (κ2) is 10.3. The topological polar surface area (TPSA) is 129 Å². The maximum Gasteiger partial charge on any atom is 0.363 e. The Hall–Kier alpha value is -4.28. The number of rotatable bonds is 7. The minimum atomic E-state index is -0.636. The van der Waals surface area contributed by atoms with Crippen LogP contribution in [-0.2, 0) is 14.3 Å². The van der Waals surface area contributed by atoms with Gasteiger partial charge in [0.1, 0.15) is 4.88 Å². The number of thiophene rings is 1. The van der Waals surface area contributed by atoms with Crippen molar-refractivity contribution in [3.63, 3.8) is 0 Å². The lowest BCUT2D eigenvalue weighted by atomic mass is 10.1. The van der Waals surface area contributed by atoms with Crippen LogP contribution < -0.4 is 20.5 Å². The molecule has 0 bridgehead atoms. The van der Waals surface area contributed by atoms with Crippen LogP contribution in [0.3, 0.4) is 0 Å². The van der Waals surface area contributed by atoms with Crippen molar-refractivity contribution in [2.75, 3.05) is 12.4 Å². The number of esters is 2. The molecule has 0 radical (unpaired) electrons. The fourth-order valence-electron chi connectivity index (χ4n) is 3.05. The molecule has 2 heterocycles. The standard InChI is InChI=1S/C25H21N3O6S/c1-14(26)22(29)27-17-8-6-16(7-9-17)23-28-18(24(30)34-23)12-15-5-10-19(20(13-15)32-2)33-25(31)21-4-3-11-35-21/h3-14H,26H2,1-2H3,(H,27,29)/t14-/m0/s1. The van der Waals surface area contributed by atoms with E-state index < -0.39 is 18.0 Å². The molecule has 1 aliphatic heterocycles. The first kappa shape index (κ1) is 23.9. The van der Waals surface area contributed by atoms with Crippen LogP contribution in [0.5, 0.6) is 11.5 Å². The highest BCUT2D eigenvalue weighted by molar-refractivity contribution is 7.12. The molecule has 3 aromatic rings. The van der Waals surface area contributed by atoms with E-state index in [0.29, 0.717) is 27.4 Å². The monoisotopic (exact) mass is 491 g/mol. The third-order valence-corrected chi connectivity index (χ3v) is 5.70. The number of hydrogen-bond acceptors (Lipinski definition) is 9. The van der Waals surface area contributed by atoms with Gasteiger partial charge in [-0.1, -0.05) is 12.1 Å². The van der Waals surface area contributed by atoms with E-state index >= 15 is 0 Å². The van der Waals surface area contributed by atoms with E-state index in [-0.39, 0.29) is 23.3 Å². The van der Waals surface area contributed by atoms with E-state index in [1.54, 1.807) is 73.0 Å². The minimum absolute atomic E-state index is 0.0970. The van der Waals surface area contributed by atoms with Crippen LogP contribution in [0.25, 0.3) is 6.08 Å². The van der Waals surface area contributed by atoms with Gasteiger partial charge in [-0.05, 0) is 66.4 Å². The van der Waals surface area contributed by atoms with Gasteiger partial charge in [0.2, 0.25) is 11.8 Å². The molecule has 0 spiro atoms. The van der Waals surface area contributed by atoms with Gasteiger partial charge in [-0.2, -0.15) is 0 Å². The Balaban J connectivity index is 1.51. The molecule has 0 saturated heterocycles. The molecule has 0 aliphatic carbocycles. The first-order valence-electron chi connectivity index (χ1n) is 10.5. The van der Waals surface area contributed by atoms with Crippen molar-refractivity contribution in [1.29, 1.82) is 0 Å². The summed E-state index contributed by atoms with van der Waals surface area (Å²) in [5.41, 5.74) is 7.37. The highest BCUT2D eigenvalue weighted by Gasteiger charge is 2.24. The number of nitrogens with zero attached hydrogens (tertiary/aromatic N) is 1. The van der Waals surface area contributed by atoms with Gasteiger partial charge >= 0.3 is 11.9 Å². The summed E-state index contributed by atoms with van der Waals surface area (Å²) >= 11 is 1.28. The van der Waals surface area contributed by atoms with Crippen molar-refractivity contribution in [3.8, 4) is 11.5 Å². The maximum atomic E-state index is 12.4. The number of methoxy groups -OCH3 is 1. The number of nitrogens with one attached hydrogen (secondary N) is 1. The van der Waals surface area contributed by atoms with E-state index in [4.69, 9.17) is 19.9 Å². The Kier molecular flexibility index (Phi) is 7.04. The molecule has 35 heavy (non-hydrogen) atoms. The smallest absolute Gasteiger partial charge is 0.363 e.